The number of halogens is 4. The fraction of sp³-hybridized carbons (Fsp3) is 0.417. The number of carbonyl (C=O) groups is 1. The van der Waals surface area contributed by atoms with Crippen molar-refractivity contribution >= 4 is 23.2 Å². The predicted molar refractivity (Wildman–Crippen MR) is 67.9 cm³/mol. The molecule has 0 aliphatic rings. The molecule has 0 atom stereocenters. The van der Waals surface area contributed by atoms with Crippen LogP contribution >= 0.6 is 11.6 Å². The molecular formula is C12H14ClF3N2O. The number of hydrogen-bond acceptors (Lipinski definition) is 2. The van der Waals surface area contributed by atoms with Crippen LogP contribution in [0.5, 0.6) is 0 Å². The second kappa shape index (κ2) is 6.77. The van der Waals surface area contributed by atoms with Crippen LogP contribution in [0.3, 0.4) is 0 Å². The maximum absolute atomic E-state index is 12.0. The summed E-state index contributed by atoms with van der Waals surface area (Å²) in [6, 6.07) is 4.36. The maximum Gasteiger partial charge on any atom is 0.457 e. The first-order valence-electron chi connectivity index (χ1n) is 5.72. The average Bonchev–Trinajstić information content (AvgIpc) is 2.29. The van der Waals surface area contributed by atoms with E-state index in [-0.39, 0.29) is 17.5 Å². The number of benzene rings is 1. The van der Waals surface area contributed by atoms with Crippen molar-refractivity contribution in [2.45, 2.75) is 32.6 Å². The normalized spacial score (nSPS) is 11.4. The molecule has 0 heterocycles. The fourth-order valence-electron chi connectivity index (χ4n) is 1.41. The molecule has 0 bridgehead atoms. The van der Waals surface area contributed by atoms with Gasteiger partial charge in [-0.1, -0.05) is 24.6 Å². The molecule has 2 N–H and O–H groups in total. The number of amides is 1. The van der Waals surface area contributed by atoms with Crippen LogP contribution in [-0.4, -0.2) is 12.2 Å². The third-order valence-corrected chi connectivity index (χ3v) is 2.59. The second-order valence-electron chi connectivity index (χ2n) is 3.96. The first-order valence-corrected chi connectivity index (χ1v) is 6.09. The molecule has 0 fully saturated rings. The third kappa shape index (κ3) is 5.94. The summed E-state index contributed by atoms with van der Waals surface area (Å²) in [6.45, 7) is 1.50. The van der Waals surface area contributed by atoms with Gasteiger partial charge in [0, 0.05) is 13.0 Å². The summed E-state index contributed by atoms with van der Waals surface area (Å²) in [4.78, 5) is 11.4. The topological polar surface area (TPSA) is 41.1 Å². The Morgan fingerprint density at radius 2 is 2.05 bits per heavy atom. The van der Waals surface area contributed by atoms with Crippen LogP contribution in [-0.2, 0) is 11.3 Å². The van der Waals surface area contributed by atoms with Crippen LogP contribution in [0.15, 0.2) is 18.2 Å². The molecule has 0 saturated carbocycles. The van der Waals surface area contributed by atoms with Crippen molar-refractivity contribution in [3.05, 3.63) is 28.8 Å². The van der Waals surface area contributed by atoms with E-state index in [9.17, 15) is 18.0 Å². The van der Waals surface area contributed by atoms with Crippen LogP contribution in [0, 0.1) is 0 Å². The Morgan fingerprint density at radius 3 is 2.58 bits per heavy atom. The summed E-state index contributed by atoms with van der Waals surface area (Å²) in [5.41, 5.74) is 0.784. The number of rotatable bonds is 5. The molecule has 0 spiro atoms. The molecule has 0 unspecified atom stereocenters. The molecule has 0 aliphatic carbocycles. The summed E-state index contributed by atoms with van der Waals surface area (Å²) >= 11 is 5.90. The van der Waals surface area contributed by atoms with Gasteiger partial charge in [0.05, 0.1) is 10.7 Å². The Balaban J connectivity index is 2.66. The highest BCUT2D eigenvalue weighted by Crippen LogP contribution is 2.24. The molecule has 106 valence electrons. The second-order valence-corrected chi connectivity index (χ2v) is 4.37. The lowest BCUT2D eigenvalue weighted by Crippen LogP contribution is -2.30. The first-order chi connectivity index (χ1) is 8.81. The minimum absolute atomic E-state index is 0.175. The van der Waals surface area contributed by atoms with E-state index in [1.54, 1.807) is 0 Å². The van der Waals surface area contributed by atoms with Gasteiger partial charge in [-0.3, -0.25) is 4.79 Å². The standard InChI is InChI=1S/C12H14ClF3N2O/c1-2-3-11(19)18-10-5-4-8(6-9(10)13)7-17-12(14,15)16/h4-6,17H,2-3,7H2,1H3,(H,18,19). The SMILES string of the molecule is CCCC(=O)Nc1ccc(CNC(F)(F)F)cc1Cl. The van der Waals surface area contributed by atoms with E-state index in [1.165, 1.54) is 23.5 Å². The molecule has 1 aromatic carbocycles. The van der Waals surface area contributed by atoms with Crippen molar-refractivity contribution in [1.82, 2.24) is 5.32 Å². The summed E-state index contributed by atoms with van der Waals surface area (Å²) in [6.07, 6.45) is -3.36. The van der Waals surface area contributed by atoms with Crippen molar-refractivity contribution in [3.63, 3.8) is 0 Å². The highest BCUT2D eigenvalue weighted by atomic mass is 35.5. The van der Waals surface area contributed by atoms with Crippen molar-refractivity contribution in [1.29, 1.82) is 0 Å². The fourth-order valence-corrected chi connectivity index (χ4v) is 1.66. The van der Waals surface area contributed by atoms with E-state index >= 15 is 0 Å². The van der Waals surface area contributed by atoms with Gasteiger partial charge in [0.1, 0.15) is 0 Å². The molecule has 3 nitrogen and oxygen atoms in total. The van der Waals surface area contributed by atoms with Crippen molar-refractivity contribution in [3.8, 4) is 0 Å². The van der Waals surface area contributed by atoms with E-state index in [0.717, 1.165) is 0 Å². The Kier molecular flexibility index (Phi) is 5.62. The van der Waals surface area contributed by atoms with Gasteiger partial charge in [-0.25, -0.2) is 5.32 Å². The monoisotopic (exact) mass is 294 g/mol. The molecule has 0 aromatic heterocycles. The Labute approximate surface area is 114 Å². The van der Waals surface area contributed by atoms with E-state index in [0.29, 0.717) is 24.1 Å². The van der Waals surface area contributed by atoms with E-state index in [4.69, 9.17) is 11.6 Å². The van der Waals surface area contributed by atoms with E-state index in [2.05, 4.69) is 5.32 Å². The lowest BCUT2D eigenvalue weighted by Gasteiger charge is -2.11. The molecule has 0 saturated heterocycles. The lowest BCUT2D eigenvalue weighted by atomic mass is 10.2. The zero-order valence-corrected chi connectivity index (χ0v) is 11.0. The van der Waals surface area contributed by atoms with Crippen LogP contribution in [0.4, 0.5) is 18.9 Å². The van der Waals surface area contributed by atoms with Crippen LogP contribution in [0.25, 0.3) is 0 Å². The molecule has 19 heavy (non-hydrogen) atoms. The van der Waals surface area contributed by atoms with Crippen LogP contribution in [0.1, 0.15) is 25.3 Å². The summed E-state index contributed by atoms with van der Waals surface area (Å²) in [5, 5.41) is 4.21. The smallest absolute Gasteiger partial charge is 0.325 e. The summed E-state index contributed by atoms with van der Waals surface area (Å²) in [5.74, 6) is -0.175. The van der Waals surface area contributed by atoms with Gasteiger partial charge in [-0.15, -0.1) is 0 Å². The highest BCUT2D eigenvalue weighted by Gasteiger charge is 2.26. The van der Waals surface area contributed by atoms with Gasteiger partial charge in [0.2, 0.25) is 5.91 Å². The average molecular weight is 295 g/mol. The summed E-state index contributed by atoms with van der Waals surface area (Å²) < 4.78 is 35.9. The molecular weight excluding hydrogens is 281 g/mol. The van der Waals surface area contributed by atoms with Gasteiger partial charge >= 0.3 is 6.30 Å². The quantitative estimate of drug-likeness (QED) is 0.813. The first kappa shape index (κ1) is 15.8. The number of alkyl halides is 3. The largest absolute Gasteiger partial charge is 0.457 e. The van der Waals surface area contributed by atoms with Gasteiger partial charge in [0.25, 0.3) is 0 Å². The van der Waals surface area contributed by atoms with E-state index < -0.39 is 6.30 Å². The van der Waals surface area contributed by atoms with E-state index in [1.807, 2.05) is 6.92 Å². The molecule has 0 radical (unpaired) electrons. The molecule has 1 aromatic rings. The molecule has 0 aliphatic heterocycles. The van der Waals surface area contributed by atoms with Gasteiger partial charge in [0.15, 0.2) is 0 Å². The van der Waals surface area contributed by atoms with Gasteiger partial charge in [-0.05, 0) is 24.1 Å². The van der Waals surface area contributed by atoms with Crippen molar-refractivity contribution in [2.75, 3.05) is 5.32 Å². The summed E-state index contributed by atoms with van der Waals surface area (Å²) in [7, 11) is 0. The Bertz CT molecular complexity index is 449. The minimum atomic E-state index is -4.43. The van der Waals surface area contributed by atoms with Crippen molar-refractivity contribution < 1.29 is 18.0 Å². The highest BCUT2D eigenvalue weighted by molar-refractivity contribution is 6.33. The number of hydrogen-bond donors (Lipinski definition) is 2. The third-order valence-electron chi connectivity index (χ3n) is 2.28. The molecule has 1 rings (SSSR count). The predicted octanol–water partition coefficient (Wildman–Crippen LogP) is 3.69. The molecule has 7 heteroatoms. The number of anilines is 1. The molecule has 1 amide bonds. The lowest BCUT2D eigenvalue weighted by molar-refractivity contribution is -0.158. The van der Waals surface area contributed by atoms with Gasteiger partial charge in [-0.2, -0.15) is 13.2 Å². The van der Waals surface area contributed by atoms with Crippen LogP contribution < -0.4 is 10.6 Å². The zero-order valence-electron chi connectivity index (χ0n) is 10.3. The Hall–Kier alpha value is -1.27. The van der Waals surface area contributed by atoms with Gasteiger partial charge < -0.3 is 5.32 Å². The maximum atomic E-state index is 12.0. The Morgan fingerprint density at radius 1 is 1.37 bits per heavy atom. The van der Waals surface area contributed by atoms with Crippen molar-refractivity contribution in [2.24, 2.45) is 0 Å². The number of nitrogens with one attached hydrogen (secondary N) is 2. The number of carbonyl (C=O) groups excluding carboxylic acids is 1. The minimum Gasteiger partial charge on any atom is -0.325 e. The van der Waals surface area contributed by atoms with Crippen LogP contribution in [0.2, 0.25) is 5.02 Å². The zero-order chi connectivity index (χ0) is 14.5.